The summed E-state index contributed by atoms with van der Waals surface area (Å²) in [5, 5.41) is 2.65. The van der Waals surface area contributed by atoms with E-state index in [4.69, 9.17) is 5.73 Å². The Labute approximate surface area is 91.0 Å². The van der Waals surface area contributed by atoms with Gasteiger partial charge in [-0.05, 0) is 13.8 Å². The van der Waals surface area contributed by atoms with Crippen molar-refractivity contribution in [2.45, 2.75) is 26.7 Å². The summed E-state index contributed by atoms with van der Waals surface area (Å²) < 4.78 is 0. The van der Waals surface area contributed by atoms with E-state index in [1.807, 2.05) is 13.8 Å². The molecule has 0 atom stereocenters. The molecule has 0 radical (unpaired) electrons. The van der Waals surface area contributed by atoms with Crippen molar-refractivity contribution in [3.8, 4) is 0 Å². The van der Waals surface area contributed by atoms with E-state index in [0.717, 1.165) is 0 Å². The molecule has 0 unspecified atom stereocenters. The molecule has 0 aromatic carbocycles. The molecule has 3 N–H and O–H groups in total. The Morgan fingerprint density at radius 3 is 2.27 bits per heavy atom. The molecule has 0 bridgehead atoms. The van der Waals surface area contributed by atoms with Crippen LogP contribution >= 0.6 is 0 Å². The van der Waals surface area contributed by atoms with Crippen LogP contribution < -0.4 is 11.1 Å². The molecule has 5 heteroatoms. The monoisotopic (exact) mass is 215 g/mol. The SMILES string of the molecule is CCN(CC)C(=O)CCNC(=O)CCN. The summed E-state index contributed by atoms with van der Waals surface area (Å²) in [6.07, 6.45) is 0.678. The van der Waals surface area contributed by atoms with Crippen molar-refractivity contribution in [3.63, 3.8) is 0 Å². The number of carbonyl (C=O) groups excluding carboxylic acids is 2. The molecule has 0 fully saturated rings. The lowest BCUT2D eigenvalue weighted by Gasteiger charge is -2.18. The zero-order chi connectivity index (χ0) is 11.7. The normalized spacial score (nSPS) is 9.80. The van der Waals surface area contributed by atoms with Gasteiger partial charge in [-0.1, -0.05) is 0 Å². The number of hydrogen-bond donors (Lipinski definition) is 2. The summed E-state index contributed by atoms with van der Waals surface area (Å²) in [7, 11) is 0. The van der Waals surface area contributed by atoms with Gasteiger partial charge in [0, 0.05) is 39.0 Å². The molecule has 88 valence electrons. The molecule has 5 nitrogen and oxygen atoms in total. The summed E-state index contributed by atoms with van der Waals surface area (Å²) in [4.78, 5) is 24.3. The van der Waals surface area contributed by atoms with Gasteiger partial charge >= 0.3 is 0 Å². The zero-order valence-electron chi connectivity index (χ0n) is 9.58. The molecule has 0 heterocycles. The molecular formula is C10H21N3O2. The molecule has 0 saturated carbocycles. The second-order valence-corrected chi connectivity index (χ2v) is 3.20. The van der Waals surface area contributed by atoms with Crippen molar-refractivity contribution in [3.05, 3.63) is 0 Å². The summed E-state index contributed by atoms with van der Waals surface area (Å²) in [5.74, 6) is -0.0158. The highest BCUT2D eigenvalue weighted by Gasteiger charge is 2.09. The van der Waals surface area contributed by atoms with E-state index in [1.54, 1.807) is 4.90 Å². The van der Waals surface area contributed by atoms with E-state index in [0.29, 0.717) is 39.0 Å². The number of carbonyl (C=O) groups is 2. The van der Waals surface area contributed by atoms with Crippen LogP contribution in [0.4, 0.5) is 0 Å². The third-order valence-corrected chi connectivity index (χ3v) is 2.15. The maximum absolute atomic E-state index is 11.5. The molecule has 0 aromatic rings. The van der Waals surface area contributed by atoms with Gasteiger partial charge < -0.3 is 16.0 Å². The average Bonchev–Trinajstić information content (AvgIpc) is 2.20. The van der Waals surface area contributed by atoms with Crippen molar-refractivity contribution in [2.24, 2.45) is 5.73 Å². The van der Waals surface area contributed by atoms with Gasteiger partial charge in [0.1, 0.15) is 0 Å². The third kappa shape index (κ3) is 6.06. The first-order valence-electron chi connectivity index (χ1n) is 5.40. The smallest absolute Gasteiger partial charge is 0.224 e. The van der Waals surface area contributed by atoms with Gasteiger partial charge in [-0.2, -0.15) is 0 Å². The lowest BCUT2D eigenvalue weighted by atomic mass is 10.3. The van der Waals surface area contributed by atoms with Crippen LogP contribution in [0.25, 0.3) is 0 Å². The second-order valence-electron chi connectivity index (χ2n) is 3.20. The van der Waals surface area contributed by atoms with Gasteiger partial charge in [-0.25, -0.2) is 0 Å². The fraction of sp³-hybridized carbons (Fsp3) is 0.800. The Hall–Kier alpha value is -1.10. The van der Waals surface area contributed by atoms with Crippen LogP contribution in [0.15, 0.2) is 0 Å². The van der Waals surface area contributed by atoms with Crippen LogP contribution in [0.3, 0.4) is 0 Å². The molecule has 0 spiro atoms. The van der Waals surface area contributed by atoms with Crippen molar-refractivity contribution in [1.82, 2.24) is 10.2 Å². The van der Waals surface area contributed by atoms with E-state index >= 15 is 0 Å². The highest BCUT2D eigenvalue weighted by atomic mass is 16.2. The van der Waals surface area contributed by atoms with E-state index in [-0.39, 0.29) is 11.8 Å². The fourth-order valence-electron chi connectivity index (χ4n) is 1.26. The molecule has 0 rings (SSSR count). The Balaban J connectivity index is 3.67. The standard InChI is InChI=1S/C10H21N3O2/c1-3-13(4-2)10(15)6-8-12-9(14)5-7-11/h3-8,11H2,1-2H3,(H,12,14). The summed E-state index contributed by atoms with van der Waals surface area (Å²) in [5.41, 5.74) is 5.22. The third-order valence-electron chi connectivity index (χ3n) is 2.15. The van der Waals surface area contributed by atoms with Crippen molar-refractivity contribution >= 4 is 11.8 Å². The Kier molecular flexibility index (Phi) is 7.62. The van der Waals surface area contributed by atoms with Gasteiger partial charge in [0.25, 0.3) is 0 Å². The largest absolute Gasteiger partial charge is 0.356 e. The predicted molar refractivity (Wildman–Crippen MR) is 59.2 cm³/mol. The molecular weight excluding hydrogens is 194 g/mol. The van der Waals surface area contributed by atoms with E-state index in [2.05, 4.69) is 5.32 Å². The number of nitrogens with one attached hydrogen (secondary N) is 1. The number of nitrogens with two attached hydrogens (primary N) is 1. The van der Waals surface area contributed by atoms with Crippen LogP contribution in [0.1, 0.15) is 26.7 Å². The lowest BCUT2D eigenvalue weighted by molar-refractivity contribution is -0.130. The van der Waals surface area contributed by atoms with Gasteiger partial charge in [0.2, 0.25) is 11.8 Å². The summed E-state index contributed by atoms with van der Waals surface area (Å²) >= 11 is 0. The van der Waals surface area contributed by atoms with Gasteiger partial charge in [-0.3, -0.25) is 9.59 Å². The first-order valence-corrected chi connectivity index (χ1v) is 5.40. The van der Waals surface area contributed by atoms with Crippen LogP contribution in [-0.4, -0.2) is 42.9 Å². The zero-order valence-corrected chi connectivity index (χ0v) is 9.58. The molecule has 0 aliphatic carbocycles. The Bertz CT molecular complexity index is 203. The van der Waals surface area contributed by atoms with Gasteiger partial charge in [0.15, 0.2) is 0 Å². The number of nitrogens with zero attached hydrogens (tertiary/aromatic N) is 1. The maximum Gasteiger partial charge on any atom is 0.224 e. The van der Waals surface area contributed by atoms with E-state index < -0.39 is 0 Å². The van der Waals surface area contributed by atoms with E-state index in [9.17, 15) is 9.59 Å². The van der Waals surface area contributed by atoms with Crippen LogP contribution in [0, 0.1) is 0 Å². The molecule has 2 amide bonds. The molecule has 0 aliphatic rings. The summed E-state index contributed by atoms with van der Waals surface area (Å²) in [6, 6.07) is 0. The van der Waals surface area contributed by atoms with E-state index in [1.165, 1.54) is 0 Å². The average molecular weight is 215 g/mol. The minimum atomic E-state index is -0.0927. The number of rotatable bonds is 7. The first kappa shape index (κ1) is 13.9. The molecule has 0 saturated heterocycles. The minimum absolute atomic E-state index is 0.0769. The second kappa shape index (κ2) is 8.23. The predicted octanol–water partition coefficient (Wildman–Crippen LogP) is -0.290. The van der Waals surface area contributed by atoms with Crippen molar-refractivity contribution < 1.29 is 9.59 Å². The summed E-state index contributed by atoms with van der Waals surface area (Å²) in [6.45, 7) is 6.05. The van der Waals surface area contributed by atoms with Crippen LogP contribution in [0.5, 0.6) is 0 Å². The van der Waals surface area contributed by atoms with Crippen molar-refractivity contribution in [1.29, 1.82) is 0 Å². The quantitative estimate of drug-likeness (QED) is 0.613. The minimum Gasteiger partial charge on any atom is -0.356 e. The molecule has 0 aromatic heterocycles. The first-order chi connectivity index (χ1) is 7.15. The van der Waals surface area contributed by atoms with Gasteiger partial charge in [-0.15, -0.1) is 0 Å². The topological polar surface area (TPSA) is 75.4 Å². The highest BCUT2D eigenvalue weighted by molar-refractivity contribution is 5.79. The number of amides is 2. The lowest BCUT2D eigenvalue weighted by Crippen LogP contribution is -2.34. The molecule has 0 aliphatic heterocycles. The van der Waals surface area contributed by atoms with Crippen LogP contribution in [-0.2, 0) is 9.59 Å². The number of hydrogen-bond acceptors (Lipinski definition) is 3. The van der Waals surface area contributed by atoms with Gasteiger partial charge in [0.05, 0.1) is 0 Å². The Morgan fingerprint density at radius 2 is 1.80 bits per heavy atom. The van der Waals surface area contributed by atoms with Crippen molar-refractivity contribution in [2.75, 3.05) is 26.2 Å². The highest BCUT2D eigenvalue weighted by Crippen LogP contribution is 1.92. The Morgan fingerprint density at radius 1 is 1.20 bits per heavy atom. The van der Waals surface area contributed by atoms with Crippen LogP contribution in [0.2, 0.25) is 0 Å². The molecule has 15 heavy (non-hydrogen) atoms. The maximum atomic E-state index is 11.5. The fourth-order valence-corrected chi connectivity index (χ4v) is 1.26.